The van der Waals surface area contributed by atoms with Crippen LogP contribution in [0.25, 0.3) is 0 Å². The van der Waals surface area contributed by atoms with E-state index in [9.17, 15) is 50.8 Å². The normalized spacial score (nSPS) is 50.0. The summed E-state index contributed by atoms with van der Waals surface area (Å²) in [7, 11) is 0. The van der Waals surface area contributed by atoms with Gasteiger partial charge < -0.3 is 74.7 Å². The first-order valence-electron chi connectivity index (χ1n) is 10.4. The molecule has 3 fully saturated rings. The number of ketones is 1. The van der Waals surface area contributed by atoms with E-state index in [4.69, 9.17) is 28.8 Å². The molecule has 10 N–H and O–H groups in total. The van der Waals surface area contributed by atoms with Crippen molar-refractivity contribution in [1.82, 2.24) is 0 Å². The fourth-order valence-corrected chi connectivity index (χ4v) is 3.80. The zero-order valence-corrected chi connectivity index (χ0v) is 17.7. The van der Waals surface area contributed by atoms with Crippen molar-refractivity contribution in [3.63, 3.8) is 0 Å². The predicted molar refractivity (Wildman–Crippen MR) is 100 cm³/mol. The van der Waals surface area contributed by atoms with Crippen molar-refractivity contribution >= 4 is 5.78 Å². The van der Waals surface area contributed by atoms with Crippen LogP contribution in [0.2, 0.25) is 0 Å². The molecular weight excluding hydrogens is 472 g/mol. The molecule has 16 heteroatoms. The lowest BCUT2D eigenvalue weighted by molar-refractivity contribution is -0.345. The van der Waals surface area contributed by atoms with Crippen molar-refractivity contribution in [2.45, 2.75) is 79.4 Å². The highest BCUT2D eigenvalue weighted by atomic mass is 16.7. The minimum Gasteiger partial charge on any atom is -0.394 e. The van der Waals surface area contributed by atoms with Crippen LogP contribution in [-0.2, 0) is 28.5 Å². The molecule has 0 radical (unpaired) electrons. The van der Waals surface area contributed by atoms with Crippen molar-refractivity contribution in [2.75, 3.05) is 26.4 Å². The van der Waals surface area contributed by atoms with Crippen LogP contribution in [0, 0.1) is 0 Å². The summed E-state index contributed by atoms with van der Waals surface area (Å²) in [5.74, 6) is -3.59. The molecule has 3 aliphatic heterocycles. The molecule has 3 aliphatic rings. The van der Waals surface area contributed by atoms with Gasteiger partial charge in [-0.3, -0.25) is 4.79 Å². The molecule has 0 aromatic heterocycles. The third-order valence-corrected chi connectivity index (χ3v) is 5.92. The maximum absolute atomic E-state index is 11.8. The summed E-state index contributed by atoms with van der Waals surface area (Å²) in [6.45, 7) is -3.07. The number of carbonyl (C=O) groups excluding carboxylic acids is 1. The highest BCUT2D eigenvalue weighted by Crippen LogP contribution is 2.30. The van der Waals surface area contributed by atoms with E-state index >= 15 is 0 Å². The lowest BCUT2D eigenvalue weighted by Gasteiger charge is -2.43. The molecule has 34 heavy (non-hydrogen) atoms. The van der Waals surface area contributed by atoms with Crippen LogP contribution in [0.3, 0.4) is 0 Å². The zero-order chi connectivity index (χ0) is 25.4. The van der Waals surface area contributed by atoms with E-state index in [1.54, 1.807) is 0 Å². The highest BCUT2D eigenvalue weighted by Gasteiger charge is 2.55. The standard InChI is InChI=1S/C18H30O16/c19-1-5-8(21)11(24)13(26)16(32-5)30-3-7-9(22)12(25)14(27)17(33-7)31-4-18(29)15(28)10(23)6(2-20)34-18/h5-9,11-17,19-22,24-29H,1-4H2/t5-,6-,7-,8+,9-,11+,12+,13-,14-,15+,16-,17+,18-/m1/s1. The van der Waals surface area contributed by atoms with E-state index in [0.29, 0.717) is 0 Å². The molecule has 0 bridgehead atoms. The van der Waals surface area contributed by atoms with Crippen LogP contribution in [0.15, 0.2) is 0 Å². The first-order chi connectivity index (χ1) is 15.9. The second kappa shape index (κ2) is 11.0. The van der Waals surface area contributed by atoms with Crippen LogP contribution in [0.5, 0.6) is 0 Å². The molecule has 0 aliphatic carbocycles. The van der Waals surface area contributed by atoms with E-state index in [1.807, 2.05) is 0 Å². The van der Waals surface area contributed by atoms with Gasteiger partial charge in [0, 0.05) is 0 Å². The first kappa shape index (κ1) is 27.7. The summed E-state index contributed by atoms with van der Waals surface area (Å²) in [5, 5.41) is 98.6. The van der Waals surface area contributed by atoms with Gasteiger partial charge in [-0.2, -0.15) is 0 Å². The Hall–Kier alpha value is -0.930. The Morgan fingerprint density at radius 1 is 0.735 bits per heavy atom. The van der Waals surface area contributed by atoms with Crippen LogP contribution >= 0.6 is 0 Å². The van der Waals surface area contributed by atoms with Gasteiger partial charge in [-0.15, -0.1) is 0 Å². The second-order valence-corrected chi connectivity index (χ2v) is 8.30. The lowest BCUT2D eigenvalue weighted by atomic mass is 9.98. The molecule has 198 valence electrons. The van der Waals surface area contributed by atoms with E-state index in [-0.39, 0.29) is 0 Å². The van der Waals surface area contributed by atoms with Crippen molar-refractivity contribution in [3.05, 3.63) is 0 Å². The van der Waals surface area contributed by atoms with Crippen LogP contribution in [0.4, 0.5) is 0 Å². The van der Waals surface area contributed by atoms with Crippen molar-refractivity contribution < 1.29 is 79.5 Å². The lowest BCUT2D eigenvalue weighted by Crippen LogP contribution is -2.62. The Bertz CT molecular complexity index is 693. The van der Waals surface area contributed by atoms with Crippen LogP contribution in [-0.4, -0.2) is 163 Å². The van der Waals surface area contributed by atoms with Gasteiger partial charge >= 0.3 is 0 Å². The maximum Gasteiger partial charge on any atom is 0.224 e. The minimum atomic E-state index is -2.59. The molecule has 3 heterocycles. The molecule has 0 spiro atoms. The number of aliphatic hydroxyl groups excluding tert-OH is 9. The van der Waals surface area contributed by atoms with Crippen LogP contribution < -0.4 is 0 Å². The summed E-state index contributed by atoms with van der Waals surface area (Å²) in [5.41, 5.74) is 0. The number of aliphatic hydroxyl groups is 10. The largest absolute Gasteiger partial charge is 0.394 e. The Morgan fingerprint density at radius 2 is 1.26 bits per heavy atom. The first-order valence-corrected chi connectivity index (χ1v) is 10.4. The molecule has 0 aromatic rings. The molecule has 0 aromatic carbocycles. The predicted octanol–water partition coefficient (Wildman–Crippen LogP) is -7.36. The Labute approximate surface area is 192 Å². The monoisotopic (exact) mass is 502 g/mol. The molecule has 3 saturated heterocycles. The van der Waals surface area contributed by atoms with Gasteiger partial charge in [0.15, 0.2) is 24.5 Å². The number of hydrogen-bond donors (Lipinski definition) is 10. The zero-order valence-electron chi connectivity index (χ0n) is 17.7. The Kier molecular flexibility index (Phi) is 8.94. The van der Waals surface area contributed by atoms with Gasteiger partial charge in [-0.25, -0.2) is 0 Å². The molecule has 13 atom stereocenters. The van der Waals surface area contributed by atoms with Gasteiger partial charge in [0.25, 0.3) is 0 Å². The summed E-state index contributed by atoms with van der Waals surface area (Å²) < 4.78 is 25.8. The van der Waals surface area contributed by atoms with Crippen molar-refractivity contribution in [2.24, 2.45) is 0 Å². The number of carbonyl (C=O) groups is 1. The number of ether oxygens (including phenoxy) is 5. The average Bonchev–Trinajstić information content (AvgIpc) is 3.04. The van der Waals surface area contributed by atoms with Crippen molar-refractivity contribution in [3.8, 4) is 0 Å². The number of rotatable bonds is 8. The average molecular weight is 502 g/mol. The van der Waals surface area contributed by atoms with Gasteiger partial charge in [0.05, 0.1) is 19.8 Å². The van der Waals surface area contributed by atoms with Crippen LogP contribution in [0.1, 0.15) is 0 Å². The minimum absolute atomic E-state index is 0.609. The summed E-state index contributed by atoms with van der Waals surface area (Å²) in [6, 6.07) is 0. The fourth-order valence-electron chi connectivity index (χ4n) is 3.80. The van der Waals surface area contributed by atoms with Gasteiger partial charge in [0.2, 0.25) is 5.79 Å². The van der Waals surface area contributed by atoms with E-state index in [1.165, 1.54) is 0 Å². The maximum atomic E-state index is 11.8. The second-order valence-electron chi connectivity index (χ2n) is 8.30. The number of hydrogen-bond acceptors (Lipinski definition) is 16. The Balaban J connectivity index is 1.61. The molecule has 0 saturated carbocycles. The van der Waals surface area contributed by atoms with Gasteiger partial charge in [-0.1, -0.05) is 0 Å². The van der Waals surface area contributed by atoms with E-state index in [0.717, 1.165) is 0 Å². The smallest absolute Gasteiger partial charge is 0.224 e. The quantitative estimate of drug-likeness (QED) is 0.148. The van der Waals surface area contributed by atoms with Gasteiger partial charge in [0.1, 0.15) is 61.5 Å². The molecule has 3 rings (SSSR count). The molecule has 16 nitrogen and oxygen atoms in total. The number of Topliss-reactive ketones (excluding diaryl/α,β-unsaturated/α-hetero) is 1. The fraction of sp³-hybridized carbons (Fsp3) is 0.944. The molecular formula is C18H30O16. The molecule has 0 amide bonds. The summed E-state index contributed by atoms with van der Waals surface area (Å²) in [6.07, 6.45) is -20.1. The summed E-state index contributed by atoms with van der Waals surface area (Å²) >= 11 is 0. The third-order valence-electron chi connectivity index (χ3n) is 5.92. The summed E-state index contributed by atoms with van der Waals surface area (Å²) in [4.78, 5) is 11.8. The SMILES string of the molecule is O=C1[C@@H](CO)O[C@](O)(CO[C@H]2O[C@H](CO[C@@H]3O[C@H](CO)[C@H](O)[C@H](O)[C@H]3O)[C@@H](O)[C@H](O)[C@H]2O)[C@H]1O. The molecule has 0 unspecified atom stereocenters. The van der Waals surface area contributed by atoms with Crippen molar-refractivity contribution in [1.29, 1.82) is 0 Å². The van der Waals surface area contributed by atoms with E-state index < -0.39 is 112 Å². The third kappa shape index (κ3) is 5.26. The Morgan fingerprint density at radius 3 is 1.79 bits per heavy atom. The van der Waals surface area contributed by atoms with E-state index in [2.05, 4.69) is 0 Å². The highest BCUT2D eigenvalue weighted by molar-refractivity contribution is 5.90. The van der Waals surface area contributed by atoms with Gasteiger partial charge in [-0.05, 0) is 0 Å². The topological polar surface area (TPSA) is 266 Å².